The average Bonchev–Trinajstić information content (AvgIpc) is 3.01. The van der Waals surface area contributed by atoms with E-state index < -0.39 is 12.0 Å². The Balaban J connectivity index is 1.81. The van der Waals surface area contributed by atoms with Crippen molar-refractivity contribution in [1.29, 1.82) is 5.26 Å². The summed E-state index contributed by atoms with van der Waals surface area (Å²) in [7, 11) is 0. The van der Waals surface area contributed by atoms with Crippen molar-refractivity contribution < 1.29 is 9.59 Å². The zero-order valence-corrected chi connectivity index (χ0v) is 14.9. The quantitative estimate of drug-likeness (QED) is 0.508. The van der Waals surface area contributed by atoms with Crippen LogP contribution in [0.4, 0.5) is 0 Å². The molecule has 1 aliphatic carbocycles. The summed E-state index contributed by atoms with van der Waals surface area (Å²) in [6.45, 7) is 0. The molecule has 0 amide bonds. The second-order valence-corrected chi connectivity index (χ2v) is 6.56. The van der Waals surface area contributed by atoms with E-state index in [0.29, 0.717) is 11.1 Å². The van der Waals surface area contributed by atoms with Gasteiger partial charge in [0.1, 0.15) is 23.7 Å². The molecule has 3 aromatic rings. The molecule has 0 saturated carbocycles. The van der Waals surface area contributed by atoms with Gasteiger partial charge in [-0.3, -0.25) is 14.6 Å². The summed E-state index contributed by atoms with van der Waals surface area (Å²) in [4.78, 5) is 30.2. The molecule has 0 aromatic heterocycles. The summed E-state index contributed by atoms with van der Waals surface area (Å²) in [6, 6.07) is 27.3. The average molecular weight is 364 g/mol. The Morgan fingerprint density at radius 3 is 1.61 bits per heavy atom. The third-order valence-electron chi connectivity index (χ3n) is 4.87. The van der Waals surface area contributed by atoms with E-state index in [-0.39, 0.29) is 17.3 Å². The third kappa shape index (κ3) is 3.04. The maximum Gasteiger partial charge on any atom is 0.181 e. The highest BCUT2D eigenvalue weighted by molar-refractivity contribution is 6.38. The highest BCUT2D eigenvalue weighted by Gasteiger charge is 2.42. The van der Waals surface area contributed by atoms with Crippen LogP contribution in [0.5, 0.6) is 0 Å². The topological polar surface area (TPSA) is 70.3 Å². The number of hydrogen-bond donors (Lipinski definition) is 0. The number of nitrogens with zero attached hydrogens (tertiary/aromatic N) is 2. The van der Waals surface area contributed by atoms with Gasteiger partial charge >= 0.3 is 0 Å². The minimum absolute atomic E-state index is 0.0519. The molecule has 3 aromatic carbocycles. The maximum atomic E-state index is 12.8. The van der Waals surface area contributed by atoms with Gasteiger partial charge in [0.2, 0.25) is 0 Å². The molecule has 0 radical (unpaired) electrons. The lowest BCUT2D eigenvalue weighted by atomic mass is 9.95. The zero-order valence-electron chi connectivity index (χ0n) is 14.9. The molecule has 4 rings (SSSR count). The normalized spacial score (nSPS) is 14.2. The fourth-order valence-corrected chi connectivity index (χ4v) is 3.51. The number of hydrogen-bond acceptors (Lipinski definition) is 4. The standard InChI is InChI=1S/C24H16N2O2/c25-15-20(21-23(27)18-13-7-8-14-19(18)24(21)28)26-22(16-9-3-1-4-10-16)17-11-5-2-6-12-17/h1-14,21-22H. The van der Waals surface area contributed by atoms with Gasteiger partial charge in [-0.2, -0.15) is 5.26 Å². The van der Waals surface area contributed by atoms with Crippen LogP contribution in [-0.2, 0) is 0 Å². The first kappa shape index (κ1) is 17.6. The number of fused-ring (bicyclic) bond motifs is 1. The molecule has 4 nitrogen and oxygen atoms in total. The van der Waals surface area contributed by atoms with Crippen molar-refractivity contribution in [3.63, 3.8) is 0 Å². The van der Waals surface area contributed by atoms with E-state index >= 15 is 0 Å². The SMILES string of the molecule is N#CC(=NC(c1ccccc1)c1ccccc1)C1C(=O)c2ccccc2C1=O. The Bertz CT molecular complexity index is 1040. The van der Waals surface area contributed by atoms with Crippen LogP contribution in [-0.4, -0.2) is 17.3 Å². The van der Waals surface area contributed by atoms with Gasteiger partial charge in [-0.25, -0.2) is 0 Å². The van der Waals surface area contributed by atoms with Crippen LogP contribution < -0.4 is 0 Å². The predicted molar refractivity (Wildman–Crippen MR) is 106 cm³/mol. The first-order chi connectivity index (χ1) is 13.7. The van der Waals surface area contributed by atoms with Gasteiger partial charge in [-0.05, 0) is 11.1 Å². The Labute approximate surface area is 162 Å². The van der Waals surface area contributed by atoms with Gasteiger partial charge < -0.3 is 0 Å². The van der Waals surface area contributed by atoms with Crippen molar-refractivity contribution in [2.24, 2.45) is 10.9 Å². The summed E-state index contributed by atoms with van der Waals surface area (Å²) in [5.74, 6) is -1.89. The molecule has 28 heavy (non-hydrogen) atoms. The van der Waals surface area contributed by atoms with E-state index in [2.05, 4.69) is 4.99 Å². The van der Waals surface area contributed by atoms with E-state index in [9.17, 15) is 14.9 Å². The highest BCUT2D eigenvalue weighted by atomic mass is 16.2. The molecular formula is C24H16N2O2. The minimum Gasteiger partial charge on any atom is -0.293 e. The lowest BCUT2D eigenvalue weighted by Crippen LogP contribution is -2.25. The van der Waals surface area contributed by atoms with Gasteiger partial charge in [0.25, 0.3) is 0 Å². The van der Waals surface area contributed by atoms with Crippen molar-refractivity contribution in [3.05, 3.63) is 107 Å². The van der Waals surface area contributed by atoms with Gasteiger partial charge in [0.05, 0.1) is 0 Å². The predicted octanol–water partition coefficient (Wildman–Crippen LogP) is 4.44. The van der Waals surface area contributed by atoms with Crippen molar-refractivity contribution >= 4 is 17.3 Å². The number of ketones is 2. The van der Waals surface area contributed by atoms with Gasteiger partial charge in [-0.1, -0.05) is 84.9 Å². The fourth-order valence-electron chi connectivity index (χ4n) is 3.51. The van der Waals surface area contributed by atoms with E-state index in [1.807, 2.05) is 66.7 Å². The van der Waals surface area contributed by atoms with Crippen LogP contribution in [0, 0.1) is 17.2 Å². The molecule has 0 heterocycles. The molecule has 0 saturated heterocycles. The van der Waals surface area contributed by atoms with Crippen LogP contribution in [0.1, 0.15) is 37.9 Å². The summed E-state index contributed by atoms with van der Waals surface area (Å²) in [6.07, 6.45) is 0. The smallest absolute Gasteiger partial charge is 0.181 e. The van der Waals surface area contributed by atoms with Gasteiger partial charge in [-0.15, -0.1) is 0 Å². The van der Waals surface area contributed by atoms with Crippen molar-refractivity contribution in [2.45, 2.75) is 6.04 Å². The molecule has 0 unspecified atom stereocenters. The number of carbonyl (C=O) groups is 2. The lowest BCUT2D eigenvalue weighted by Gasteiger charge is -2.15. The second kappa shape index (κ2) is 7.42. The Morgan fingerprint density at radius 2 is 1.18 bits per heavy atom. The van der Waals surface area contributed by atoms with Crippen LogP contribution in [0.3, 0.4) is 0 Å². The molecular weight excluding hydrogens is 348 g/mol. The summed E-state index contributed by atoms with van der Waals surface area (Å²) in [5.41, 5.74) is 2.44. The summed E-state index contributed by atoms with van der Waals surface area (Å²) >= 11 is 0. The Kier molecular flexibility index (Phi) is 4.65. The number of Topliss-reactive ketones (excluding diaryl/α,β-unsaturated/α-hetero) is 2. The fraction of sp³-hybridized carbons (Fsp3) is 0.0833. The van der Waals surface area contributed by atoms with Gasteiger partial charge in [0.15, 0.2) is 11.6 Å². The number of carbonyl (C=O) groups excluding carboxylic acids is 2. The molecule has 1 aliphatic rings. The molecule has 0 fully saturated rings. The van der Waals surface area contributed by atoms with E-state index in [1.54, 1.807) is 24.3 Å². The highest BCUT2D eigenvalue weighted by Crippen LogP contribution is 2.31. The maximum absolute atomic E-state index is 12.8. The van der Waals surface area contributed by atoms with Crippen molar-refractivity contribution in [2.75, 3.05) is 0 Å². The summed E-state index contributed by atoms with van der Waals surface area (Å²) < 4.78 is 0. The van der Waals surface area contributed by atoms with E-state index in [0.717, 1.165) is 11.1 Å². The number of nitriles is 1. The Morgan fingerprint density at radius 1 is 0.750 bits per heavy atom. The number of rotatable bonds is 4. The zero-order chi connectivity index (χ0) is 19.5. The number of benzene rings is 3. The molecule has 0 spiro atoms. The molecule has 4 heteroatoms. The second-order valence-electron chi connectivity index (χ2n) is 6.56. The molecule has 0 atom stereocenters. The molecule has 134 valence electrons. The van der Waals surface area contributed by atoms with Crippen LogP contribution in [0.2, 0.25) is 0 Å². The van der Waals surface area contributed by atoms with Crippen LogP contribution in [0.25, 0.3) is 0 Å². The van der Waals surface area contributed by atoms with Crippen LogP contribution in [0.15, 0.2) is 89.9 Å². The van der Waals surface area contributed by atoms with Gasteiger partial charge in [0, 0.05) is 11.1 Å². The minimum atomic E-state index is -1.17. The van der Waals surface area contributed by atoms with Crippen LogP contribution >= 0.6 is 0 Å². The van der Waals surface area contributed by atoms with Crippen molar-refractivity contribution in [1.82, 2.24) is 0 Å². The first-order valence-corrected chi connectivity index (χ1v) is 8.96. The number of aliphatic imine (C=N–C) groups is 1. The Hall–Kier alpha value is -3.84. The third-order valence-corrected chi connectivity index (χ3v) is 4.87. The molecule has 0 aliphatic heterocycles. The molecule has 0 N–H and O–H groups in total. The largest absolute Gasteiger partial charge is 0.293 e. The summed E-state index contributed by atoms with van der Waals surface area (Å²) in [5, 5.41) is 9.76. The van der Waals surface area contributed by atoms with E-state index in [1.165, 1.54) is 0 Å². The van der Waals surface area contributed by atoms with Crippen molar-refractivity contribution in [3.8, 4) is 6.07 Å². The first-order valence-electron chi connectivity index (χ1n) is 8.96. The lowest BCUT2D eigenvalue weighted by molar-refractivity contribution is 0.0884. The monoisotopic (exact) mass is 364 g/mol. The van der Waals surface area contributed by atoms with E-state index in [4.69, 9.17) is 0 Å². The molecule has 0 bridgehead atoms.